The van der Waals surface area contributed by atoms with Crippen LogP contribution < -0.4 is 26.4 Å². The molecule has 0 unspecified atom stereocenters. The summed E-state index contributed by atoms with van der Waals surface area (Å²) in [5.41, 5.74) is 7.21. The summed E-state index contributed by atoms with van der Waals surface area (Å²) in [5.74, 6) is -3.09. The first-order chi connectivity index (χ1) is 22.9. The van der Waals surface area contributed by atoms with E-state index < -0.39 is 53.5 Å². The van der Waals surface area contributed by atoms with Gasteiger partial charge in [-0.2, -0.15) is 0 Å². The maximum atomic E-state index is 14.8. The Morgan fingerprint density at radius 2 is 1.58 bits per heavy atom. The minimum atomic E-state index is -1.07. The second kappa shape index (κ2) is 16.5. The minimum Gasteiger partial charge on any atom is -0.454 e. The topological polar surface area (TPSA) is 160 Å². The molecule has 0 saturated carbocycles. The number of fused-ring (bicyclic) bond motifs is 12. The number of nitrogens with two attached hydrogens (primary N) is 1. The van der Waals surface area contributed by atoms with Gasteiger partial charge in [0.1, 0.15) is 23.9 Å². The number of hydrogen-bond donors (Lipinski definition) is 4. The van der Waals surface area contributed by atoms with E-state index in [1.807, 2.05) is 44.2 Å². The van der Waals surface area contributed by atoms with E-state index in [0.717, 1.165) is 5.56 Å². The van der Waals surface area contributed by atoms with Crippen LogP contribution in [0.25, 0.3) is 0 Å². The van der Waals surface area contributed by atoms with E-state index in [4.69, 9.17) is 10.5 Å². The van der Waals surface area contributed by atoms with Crippen molar-refractivity contribution in [1.29, 1.82) is 0 Å². The van der Waals surface area contributed by atoms with Gasteiger partial charge in [-0.05, 0) is 53.3 Å². The Labute approximate surface area is 279 Å². The molecular weight excluding hydrogens is 617 g/mol. The van der Waals surface area contributed by atoms with Crippen LogP contribution in [0.15, 0.2) is 72.8 Å². The van der Waals surface area contributed by atoms with Gasteiger partial charge in [-0.25, -0.2) is 4.39 Å². The number of nitrogens with zero attached hydrogens (tertiary/aromatic N) is 1. The smallest absolute Gasteiger partial charge is 0.245 e. The monoisotopic (exact) mass is 659 g/mol. The number of amides is 5. The number of carbonyl (C=O) groups excluding carboxylic acids is 5. The van der Waals surface area contributed by atoms with Gasteiger partial charge in [-0.3, -0.25) is 24.0 Å². The lowest BCUT2D eigenvalue weighted by Crippen LogP contribution is -2.58. The van der Waals surface area contributed by atoms with Crippen LogP contribution >= 0.6 is 0 Å². The zero-order valence-corrected chi connectivity index (χ0v) is 27.3. The van der Waals surface area contributed by atoms with E-state index in [-0.39, 0.29) is 50.3 Å². The van der Waals surface area contributed by atoms with Crippen LogP contribution in [0.1, 0.15) is 43.4 Å². The van der Waals surface area contributed by atoms with Gasteiger partial charge >= 0.3 is 0 Å². The van der Waals surface area contributed by atoms with Gasteiger partial charge in [0.05, 0.1) is 6.42 Å². The van der Waals surface area contributed by atoms with Crippen LogP contribution in [0.3, 0.4) is 0 Å². The third-order valence-electron chi connectivity index (χ3n) is 7.91. The van der Waals surface area contributed by atoms with Crippen molar-refractivity contribution < 1.29 is 33.1 Å². The Hall–Kier alpha value is -5.26. The van der Waals surface area contributed by atoms with E-state index in [9.17, 15) is 28.4 Å². The summed E-state index contributed by atoms with van der Waals surface area (Å²) in [4.78, 5) is 67.3. The number of nitrogens with one attached hydrogen (secondary N) is 3. The van der Waals surface area contributed by atoms with Crippen LogP contribution in [-0.2, 0) is 43.2 Å². The van der Waals surface area contributed by atoms with Crippen molar-refractivity contribution in [1.82, 2.24) is 20.9 Å². The number of halogens is 1. The highest BCUT2D eigenvalue weighted by atomic mass is 19.1. The second-order valence-electron chi connectivity index (χ2n) is 12.4. The Morgan fingerprint density at radius 1 is 0.917 bits per heavy atom. The number of hydrogen-bond acceptors (Lipinski definition) is 6. The summed E-state index contributed by atoms with van der Waals surface area (Å²) < 4.78 is 20.5. The van der Waals surface area contributed by atoms with Gasteiger partial charge in [0.2, 0.25) is 29.5 Å². The maximum Gasteiger partial charge on any atom is 0.245 e. The molecule has 5 rings (SSSR count). The van der Waals surface area contributed by atoms with Crippen molar-refractivity contribution in [3.05, 3.63) is 95.3 Å². The molecule has 2 aliphatic rings. The number of rotatable bonds is 8. The van der Waals surface area contributed by atoms with Crippen molar-refractivity contribution in [3.63, 3.8) is 0 Å². The molecule has 0 fully saturated rings. The standard InChI is InChI=1S/C36H42FN5O6/c1-22(2)17-28-34(45)41-30(36(47)42(3)16-15-32(38)43)19-24-9-12-26(13-10-24)48-31-20-25(11-14-27(31)37)21-33(44)39-29(35(46)40-28)18-23-7-5-4-6-8-23/h4-14,20,22,28-30H,15-19,21H2,1-3H3,(H2,38,43)(H,39,44)(H,40,46)(H,41,45)/t28-,29+,30-/m0/s1. The van der Waals surface area contributed by atoms with E-state index in [1.165, 1.54) is 30.1 Å². The van der Waals surface area contributed by atoms with Gasteiger partial charge < -0.3 is 31.3 Å². The molecule has 3 aromatic rings. The first-order valence-electron chi connectivity index (χ1n) is 15.9. The molecule has 48 heavy (non-hydrogen) atoms. The molecule has 4 bridgehead atoms. The van der Waals surface area contributed by atoms with E-state index >= 15 is 0 Å². The molecule has 254 valence electrons. The Kier molecular flexibility index (Phi) is 12.3. The molecule has 0 aromatic heterocycles. The predicted octanol–water partition coefficient (Wildman–Crippen LogP) is 2.79. The molecule has 2 aliphatic heterocycles. The quantitative estimate of drug-likeness (QED) is 0.272. The fraction of sp³-hybridized carbons (Fsp3) is 0.361. The summed E-state index contributed by atoms with van der Waals surface area (Å²) in [6.45, 7) is 3.85. The molecule has 3 aromatic carbocycles. The number of ether oxygens (including phenoxy) is 1. The molecule has 5 amide bonds. The van der Waals surface area contributed by atoms with Crippen molar-refractivity contribution in [2.45, 2.75) is 64.1 Å². The summed E-state index contributed by atoms with van der Waals surface area (Å²) in [7, 11) is 1.51. The molecule has 12 heteroatoms. The molecule has 5 N–H and O–H groups in total. The minimum absolute atomic E-state index is 0.0163. The summed E-state index contributed by atoms with van der Waals surface area (Å²) in [6.07, 6.45) is 0.257. The predicted molar refractivity (Wildman–Crippen MR) is 177 cm³/mol. The first-order valence-corrected chi connectivity index (χ1v) is 15.9. The lowest BCUT2D eigenvalue weighted by molar-refractivity contribution is -0.137. The van der Waals surface area contributed by atoms with Crippen LogP contribution in [0.2, 0.25) is 0 Å². The van der Waals surface area contributed by atoms with Crippen molar-refractivity contribution in [2.75, 3.05) is 13.6 Å². The molecule has 0 spiro atoms. The normalized spacial score (nSPS) is 18.8. The average molecular weight is 660 g/mol. The lowest BCUT2D eigenvalue weighted by Gasteiger charge is -2.28. The van der Waals surface area contributed by atoms with Gasteiger partial charge in [-0.15, -0.1) is 0 Å². The number of likely N-dealkylation sites (N-methyl/N-ethyl adjacent to an activating group) is 1. The van der Waals surface area contributed by atoms with Crippen LogP contribution in [0.5, 0.6) is 11.5 Å². The van der Waals surface area contributed by atoms with Crippen molar-refractivity contribution in [2.24, 2.45) is 11.7 Å². The first kappa shape index (κ1) is 35.6. The van der Waals surface area contributed by atoms with E-state index in [2.05, 4.69) is 16.0 Å². The highest BCUT2D eigenvalue weighted by Gasteiger charge is 2.31. The molecule has 0 saturated heterocycles. The van der Waals surface area contributed by atoms with Crippen molar-refractivity contribution >= 4 is 29.5 Å². The third-order valence-corrected chi connectivity index (χ3v) is 7.91. The van der Waals surface area contributed by atoms with Gasteiger partial charge in [0.25, 0.3) is 0 Å². The average Bonchev–Trinajstić information content (AvgIpc) is 3.04. The molecule has 11 nitrogen and oxygen atoms in total. The molecule has 2 heterocycles. The Balaban J connectivity index is 1.72. The molecule has 3 atom stereocenters. The van der Waals surface area contributed by atoms with Gasteiger partial charge in [0.15, 0.2) is 11.6 Å². The van der Waals surface area contributed by atoms with E-state index in [0.29, 0.717) is 16.9 Å². The number of primary amides is 1. The molecule has 0 radical (unpaired) electrons. The highest BCUT2D eigenvalue weighted by molar-refractivity contribution is 5.94. The SMILES string of the molecule is CC(C)C[C@@H]1NC(=O)[C@@H](Cc2ccccc2)NC(=O)Cc2ccc(F)c(c2)Oc2ccc(cc2)C[C@@H](C(=O)N(C)CCC(N)=O)NC1=O. The Bertz CT molecular complexity index is 1610. The zero-order valence-electron chi connectivity index (χ0n) is 27.3. The fourth-order valence-corrected chi connectivity index (χ4v) is 5.38. The highest BCUT2D eigenvalue weighted by Crippen LogP contribution is 2.26. The Morgan fingerprint density at radius 3 is 2.25 bits per heavy atom. The third kappa shape index (κ3) is 10.4. The summed E-state index contributed by atoms with van der Waals surface area (Å²) in [6, 6.07) is 16.7. The summed E-state index contributed by atoms with van der Waals surface area (Å²) >= 11 is 0. The fourth-order valence-electron chi connectivity index (χ4n) is 5.38. The maximum absolute atomic E-state index is 14.8. The van der Waals surface area contributed by atoms with Gasteiger partial charge in [0, 0.05) is 32.9 Å². The van der Waals surface area contributed by atoms with Gasteiger partial charge in [-0.1, -0.05) is 62.4 Å². The van der Waals surface area contributed by atoms with Crippen molar-refractivity contribution in [3.8, 4) is 11.5 Å². The van der Waals surface area contributed by atoms with Crippen LogP contribution in [0, 0.1) is 11.7 Å². The lowest BCUT2D eigenvalue weighted by atomic mass is 9.99. The molecule has 0 aliphatic carbocycles. The second-order valence-corrected chi connectivity index (χ2v) is 12.4. The van der Waals surface area contributed by atoms with E-state index in [1.54, 1.807) is 24.3 Å². The number of carbonyl (C=O) groups is 5. The molecular formula is C36H42FN5O6. The zero-order chi connectivity index (χ0) is 34.8. The van der Waals surface area contributed by atoms with Crippen LogP contribution in [-0.4, -0.2) is 66.2 Å². The largest absolute Gasteiger partial charge is 0.454 e. The summed E-state index contributed by atoms with van der Waals surface area (Å²) in [5, 5.41) is 8.42. The number of benzene rings is 3. The van der Waals surface area contributed by atoms with Crippen LogP contribution in [0.4, 0.5) is 4.39 Å².